The number of morpholine rings is 1. The molecule has 8 atom stereocenters. The van der Waals surface area contributed by atoms with E-state index in [0.717, 1.165) is 30.3 Å². The van der Waals surface area contributed by atoms with Crippen LogP contribution in [0.25, 0.3) is 22.3 Å². The van der Waals surface area contributed by atoms with Crippen molar-refractivity contribution in [1.82, 2.24) is 30.4 Å². The van der Waals surface area contributed by atoms with Crippen LogP contribution in [0.3, 0.4) is 0 Å². The maximum atomic E-state index is 14.8. The fraction of sp³-hybridized carbons (Fsp3) is 0.644. The van der Waals surface area contributed by atoms with Crippen LogP contribution < -0.4 is 20.1 Å². The largest absolute Gasteiger partial charge is 0.491 e. The highest BCUT2D eigenvalue weighted by molar-refractivity contribution is 8.01. The van der Waals surface area contributed by atoms with Crippen LogP contribution in [0.4, 0.5) is 4.79 Å². The Morgan fingerprint density at radius 2 is 1.79 bits per heavy atom. The number of thioether (sulfide) groups is 1. The first-order chi connectivity index (χ1) is 30.0. The predicted molar refractivity (Wildman–Crippen MR) is 241 cm³/mol. The number of benzene rings is 1. The Bertz CT molecular complexity index is 2200. The smallest absolute Gasteiger partial charge is 0.408 e. The third kappa shape index (κ3) is 10.2. The van der Waals surface area contributed by atoms with Crippen molar-refractivity contribution < 1.29 is 43.2 Å². The lowest BCUT2D eigenvalue weighted by molar-refractivity contribution is -0.146. The zero-order chi connectivity index (χ0) is 44.8. The van der Waals surface area contributed by atoms with E-state index in [-0.39, 0.29) is 25.0 Å². The summed E-state index contributed by atoms with van der Waals surface area (Å²) < 4.78 is 25.2. The number of ether oxygens (including phenoxy) is 4. The van der Waals surface area contributed by atoms with E-state index >= 15 is 0 Å². The lowest BCUT2D eigenvalue weighted by Gasteiger charge is -2.35. The number of aromatic nitrogens is 2. The van der Waals surface area contributed by atoms with Gasteiger partial charge in [-0.1, -0.05) is 71.3 Å². The van der Waals surface area contributed by atoms with Crippen molar-refractivity contribution in [2.75, 3.05) is 46.0 Å². The van der Waals surface area contributed by atoms with Crippen molar-refractivity contribution in [1.29, 1.82) is 0 Å². The molecule has 3 N–H and O–H groups in total. The predicted octanol–water partition coefficient (Wildman–Crippen LogP) is 6.88. The van der Waals surface area contributed by atoms with Crippen molar-refractivity contribution in [2.45, 2.75) is 119 Å². The molecule has 5 fully saturated rings. The fourth-order valence-corrected chi connectivity index (χ4v) is 11.6. The first kappa shape index (κ1) is 45.7. The molecular weight excluding hydrogens is 868 g/mol. The second-order valence-electron chi connectivity index (χ2n) is 19.0. The SMILES string of the molecule is CC[C@@H]1C[C@]1(NC(=O)[C@@H]1C[C@@H](Oc2cc(-c3csc(SC(C)C)n3)nc3c(Cl)c(OCCN4CCOCC4)ccc23)CN1C(=O)[C@@H](NC(=O)OC1C[C@@H]2C[C@@H]2C1)C(C)(C)C)C(=O)O. The number of pyridine rings is 1. The van der Waals surface area contributed by atoms with Gasteiger partial charge in [-0.25, -0.2) is 19.6 Å². The number of carbonyl (C=O) groups is 4. The minimum atomic E-state index is -1.41. The number of halogens is 1. The summed E-state index contributed by atoms with van der Waals surface area (Å²) in [5, 5.41) is 19.1. The molecule has 2 aliphatic heterocycles. The maximum absolute atomic E-state index is 14.8. The minimum absolute atomic E-state index is 0.0228. The Kier molecular flexibility index (Phi) is 13.4. The lowest BCUT2D eigenvalue weighted by atomic mass is 9.85. The Morgan fingerprint density at radius 1 is 1.05 bits per heavy atom. The van der Waals surface area contributed by atoms with Gasteiger partial charge in [0.25, 0.3) is 0 Å². The van der Waals surface area contributed by atoms with E-state index in [9.17, 15) is 24.3 Å². The van der Waals surface area contributed by atoms with Gasteiger partial charge < -0.3 is 39.6 Å². The van der Waals surface area contributed by atoms with Gasteiger partial charge in [-0.15, -0.1) is 11.3 Å². The molecule has 4 heterocycles. The van der Waals surface area contributed by atoms with E-state index in [0.29, 0.717) is 95.1 Å². The van der Waals surface area contributed by atoms with Crippen molar-refractivity contribution in [3.63, 3.8) is 0 Å². The van der Waals surface area contributed by atoms with Gasteiger partial charge in [0.05, 0.1) is 31.0 Å². The van der Waals surface area contributed by atoms with Crippen molar-refractivity contribution in [3.8, 4) is 22.9 Å². The summed E-state index contributed by atoms with van der Waals surface area (Å²) >= 11 is 10.3. The summed E-state index contributed by atoms with van der Waals surface area (Å²) in [6.07, 6.45) is 2.15. The maximum Gasteiger partial charge on any atom is 0.408 e. The van der Waals surface area contributed by atoms with Gasteiger partial charge in [0.15, 0.2) is 4.34 Å². The molecule has 18 heteroatoms. The van der Waals surface area contributed by atoms with Gasteiger partial charge in [0.2, 0.25) is 11.8 Å². The number of carboxylic acids is 1. The van der Waals surface area contributed by atoms with E-state index in [1.54, 1.807) is 23.9 Å². The van der Waals surface area contributed by atoms with Crippen LogP contribution >= 0.6 is 34.7 Å². The zero-order valence-corrected chi connectivity index (χ0v) is 39.2. The summed E-state index contributed by atoms with van der Waals surface area (Å²) in [6, 6.07) is 3.27. The van der Waals surface area contributed by atoms with Gasteiger partial charge in [-0.3, -0.25) is 14.5 Å². The van der Waals surface area contributed by atoms with E-state index in [4.69, 9.17) is 40.5 Å². The monoisotopic (exact) mass is 926 g/mol. The number of hydrogen-bond donors (Lipinski definition) is 3. The molecule has 8 rings (SSSR count). The molecule has 15 nitrogen and oxygen atoms in total. The molecule has 0 bridgehead atoms. The minimum Gasteiger partial charge on any atom is -0.491 e. The second-order valence-corrected chi connectivity index (χ2v) is 22.1. The molecule has 2 aromatic heterocycles. The number of likely N-dealkylation sites (tertiary alicyclic amines) is 1. The Balaban J connectivity index is 1.09. The highest BCUT2D eigenvalue weighted by Gasteiger charge is 2.61. The molecule has 5 aliphatic rings. The summed E-state index contributed by atoms with van der Waals surface area (Å²) in [4.78, 5) is 68.6. The van der Waals surface area contributed by atoms with Crippen molar-refractivity contribution in [3.05, 3.63) is 28.6 Å². The van der Waals surface area contributed by atoms with Crippen molar-refractivity contribution >= 4 is 69.5 Å². The highest BCUT2D eigenvalue weighted by Crippen LogP contribution is 2.52. The molecule has 3 aromatic rings. The van der Waals surface area contributed by atoms with Crippen molar-refractivity contribution in [2.24, 2.45) is 23.2 Å². The Morgan fingerprint density at radius 3 is 2.46 bits per heavy atom. The summed E-state index contributed by atoms with van der Waals surface area (Å²) in [5.74, 6) is -0.336. The molecule has 0 radical (unpaired) electrons. The van der Waals surface area contributed by atoms with Crippen LogP contribution in [0.15, 0.2) is 27.9 Å². The number of rotatable bonds is 16. The first-order valence-corrected chi connectivity index (χ1v) is 24.3. The normalized spacial score (nSPS) is 27.2. The fourth-order valence-electron chi connectivity index (χ4n) is 9.31. The molecule has 2 saturated heterocycles. The van der Waals surface area contributed by atoms with Crippen LogP contribution in [0.1, 0.15) is 80.1 Å². The number of carbonyl (C=O) groups excluding carboxylic acids is 3. The molecule has 63 heavy (non-hydrogen) atoms. The number of carboxylic acid groups (broad SMARTS) is 1. The van der Waals surface area contributed by atoms with E-state index < -0.39 is 53.0 Å². The molecular formula is C45H59ClN6O9S2. The van der Waals surface area contributed by atoms with E-state index in [1.807, 2.05) is 39.1 Å². The van der Waals surface area contributed by atoms with Gasteiger partial charge >= 0.3 is 12.1 Å². The van der Waals surface area contributed by atoms with Gasteiger partial charge in [0, 0.05) is 48.1 Å². The average Bonchev–Trinajstić information content (AvgIpc) is 3.91. The number of aliphatic carboxylic acids is 1. The van der Waals surface area contributed by atoms with E-state index in [2.05, 4.69) is 29.4 Å². The third-order valence-corrected chi connectivity index (χ3v) is 15.4. The number of nitrogens with zero attached hydrogens (tertiary/aromatic N) is 4. The molecule has 3 aliphatic carbocycles. The highest BCUT2D eigenvalue weighted by atomic mass is 35.5. The Labute approximate surface area is 381 Å². The van der Waals surface area contributed by atoms with Crippen LogP contribution in [0.2, 0.25) is 5.02 Å². The molecule has 1 unspecified atom stereocenters. The molecule has 3 amide bonds. The number of alkyl carbamates (subject to hydrolysis) is 1. The number of hydrogen-bond acceptors (Lipinski definition) is 13. The summed E-state index contributed by atoms with van der Waals surface area (Å²) in [5.41, 5.74) is -0.594. The summed E-state index contributed by atoms with van der Waals surface area (Å²) in [7, 11) is 0. The molecule has 0 spiro atoms. The second kappa shape index (κ2) is 18.5. The van der Waals surface area contributed by atoms with Crippen LogP contribution in [0.5, 0.6) is 11.5 Å². The average molecular weight is 928 g/mol. The van der Waals surface area contributed by atoms with Gasteiger partial charge in [-0.2, -0.15) is 0 Å². The standard InChI is InChI=1S/C45H59ClN6O9S2/c1-7-27-21-45(27,41(55)56)50-39(53)33-19-29(22-52(33)40(54)38(44(4,5)6)49-42(57)61-28-17-25-16-26(25)18-28)60-35-20-31(32-23-62-43(48-32)63-24(2)3)47-37-30(35)8-9-34(36(37)46)59-15-12-51-10-13-58-14-11-51/h8-9,20,23-29,33,38H,7,10-19,21-22H2,1-6H3,(H,49,57)(H,50,53)(H,55,56)/t25-,26+,27-,28?,29-,33+,38-,45-/m1/s1. The van der Waals surface area contributed by atoms with Gasteiger partial charge in [-0.05, 0) is 61.0 Å². The first-order valence-electron chi connectivity index (χ1n) is 22.2. The molecule has 342 valence electrons. The lowest BCUT2D eigenvalue weighted by Crippen LogP contribution is -2.59. The topological polar surface area (TPSA) is 182 Å². The third-order valence-electron chi connectivity index (χ3n) is 13.0. The quantitative estimate of drug-likeness (QED) is 0.127. The van der Waals surface area contributed by atoms with Gasteiger partial charge in [0.1, 0.15) is 58.7 Å². The number of amides is 3. The molecule has 1 aromatic carbocycles. The zero-order valence-electron chi connectivity index (χ0n) is 36.8. The van der Waals surface area contributed by atoms with Crippen LogP contribution in [-0.4, -0.2) is 130 Å². The van der Waals surface area contributed by atoms with Crippen LogP contribution in [0, 0.1) is 23.2 Å². The summed E-state index contributed by atoms with van der Waals surface area (Å²) in [6.45, 7) is 15.8. The Hall–Kier alpha value is -3.90. The number of fused-ring (bicyclic) bond motifs is 2. The number of nitrogens with one attached hydrogen (secondary N) is 2. The molecule has 3 saturated carbocycles. The van der Waals surface area contributed by atoms with Crippen LogP contribution in [-0.2, 0) is 23.9 Å². The number of thiazole rings is 1. The van der Waals surface area contributed by atoms with E-state index in [1.165, 1.54) is 22.7 Å².